The quantitative estimate of drug-likeness (QED) is 0.309. The molecule has 0 aliphatic carbocycles. The Hall–Kier alpha value is -0.243. The second kappa shape index (κ2) is 12.0. The average Bonchev–Trinajstić information content (AvgIpc) is 2.68. The summed E-state index contributed by atoms with van der Waals surface area (Å²) in [6, 6.07) is 5.58. The fourth-order valence-electron chi connectivity index (χ4n) is 4.04. The van der Waals surface area contributed by atoms with Crippen molar-refractivity contribution < 1.29 is 13.2 Å². The van der Waals surface area contributed by atoms with Crippen LogP contribution in [0.2, 0.25) is 28.2 Å². The summed E-state index contributed by atoms with van der Waals surface area (Å²) in [4.78, 5) is 2.15. The van der Waals surface area contributed by atoms with Gasteiger partial charge in [0.25, 0.3) is 0 Å². The molecule has 0 radical (unpaired) electrons. The molecule has 1 heterocycles. The van der Waals surface area contributed by atoms with Gasteiger partial charge in [-0.25, -0.2) is 8.78 Å². The van der Waals surface area contributed by atoms with Crippen LogP contribution >= 0.6 is 23.2 Å². The van der Waals surface area contributed by atoms with Crippen molar-refractivity contribution in [2.75, 3.05) is 32.7 Å². The van der Waals surface area contributed by atoms with Crippen LogP contribution in [0.25, 0.3) is 0 Å². The first-order chi connectivity index (χ1) is 13.8. The molecule has 1 aromatic rings. The van der Waals surface area contributed by atoms with Crippen molar-refractivity contribution >= 4 is 31.5 Å². The Morgan fingerprint density at radius 1 is 1.21 bits per heavy atom. The molecule has 1 aliphatic rings. The van der Waals surface area contributed by atoms with Gasteiger partial charge in [0.1, 0.15) is 12.0 Å². The summed E-state index contributed by atoms with van der Waals surface area (Å²) in [7, 11) is -1.94. The summed E-state index contributed by atoms with van der Waals surface area (Å²) < 4.78 is 34.0. The Balaban J connectivity index is 2.09. The van der Waals surface area contributed by atoms with E-state index in [1.807, 2.05) is 0 Å². The normalized spacial score (nSPS) is 19.5. The lowest BCUT2D eigenvalue weighted by Crippen LogP contribution is -2.42. The van der Waals surface area contributed by atoms with Crippen molar-refractivity contribution in [3.63, 3.8) is 0 Å². The average molecular weight is 468 g/mol. The van der Waals surface area contributed by atoms with Crippen molar-refractivity contribution in [3.8, 4) is 0 Å². The number of benzene rings is 1. The molecule has 0 saturated carbocycles. The van der Waals surface area contributed by atoms with Gasteiger partial charge in [-0.3, -0.25) is 4.90 Å². The number of halogens is 4. The zero-order valence-electron chi connectivity index (χ0n) is 17.7. The maximum Gasteiger partial charge on any atom is 0.192 e. The summed E-state index contributed by atoms with van der Waals surface area (Å²) >= 11 is 12.7. The van der Waals surface area contributed by atoms with E-state index in [1.54, 1.807) is 0 Å². The van der Waals surface area contributed by atoms with Gasteiger partial charge in [-0.1, -0.05) is 44.0 Å². The molecular weight excluding hydrogens is 433 g/mol. The van der Waals surface area contributed by atoms with E-state index in [0.29, 0.717) is 35.1 Å². The molecule has 29 heavy (non-hydrogen) atoms. The SMILES string of the molecule is CC[Si](CC)(CC)OC(CNCCN1CCCC(F)C1)c1c(Cl)cc(F)cc1Cl. The molecule has 0 spiro atoms. The highest BCUT2D eigenvalue weighted by Crippen LogP contribution is 2.37. The predicted octanol–water partition coefficient (Wildman–Crippen LogP) is 6.22. The molecule has 2 atom stereocenters. The van der Waals surface area contributed by atoms with Crippen LogP contribution in [0.4, 0.5) is 8.78 Å². The van der Waals surface area contributed by atoms with E-state index in [2.05, 4.69) is 31.0 Å². The van der Waals surface area contributed by atoms with E-state index < -0.39 is 20.3 Å². The Labute approximate surface area is 185 Å². The van der Waals surface area contributed by atoms with Crippen LogP contribution in [-0.4, -0.2) is 52.1 Å². The van der Waals surface area contributed by atoms with Crippen LogP contribution < -0.4 is 5.32 Å². The third kappa shape index (κ3) is 7.15. The monoisotopic (exact) mass is 466 g/mol. The second-order valence-electron chi connectivity index (χ2n) is 7.88. The number of nitrogens with one attached hydrogen (secondary N) is 1. The van der Waals surface area contributed by atoms with E-state index in [0.717, 1.165) is 44.2 Å². The molecule has 8 heteroatoms. The Kier molecular flexibility index (Phi) is 10.3. The first-order valence-corrected chi connectivity index (χ1v) is 14.0. The van der Waals surface area contributed by atoms with Crippen LogP contribution in [0.3, 0.4) is 0 Å². The fraction of sp³-hybridized carbons (Fsp3) is 0.714. The minimum atomic E-state index is -1.94. The fourth-order valence-corrected chi connectivity index (χ4v) is 7.55. The Morgan fingerprint density at radius 3 is 2.38 bits per heavy atom. The van der Waals surface area contributed by atoms with Gasteiger partial charge < -0.3 is 9.74 Å². The maximum absolute atomic E-state index is 13.7. The third-order valence-electron chi connectivity index (χ3n) is 6.07. The number of likely N-dealkylation sites (tertiary alicyclic amines) is 1. The topological polar surface area (TPSA) is 24.5 Å². The molecule has 1 fully saturated rings. The van der Waals surface area contributed by atoms with E-state index in [9.17, 15) is 8.78 Å². The number of nitrogens with zero attached hydrogens (tertiary/aromatic N) is 1. The number of piperidine rings is 1. The zero-order valence-corrected chi connectivity index (χ0v) is 20.3. The van der Waals surface area contributed by atoms with Crippen LogP contribution in [0.1, 0.15) is 45.3 Å². The van der Waals surface area contributed by atoms with E-state index in [1.165, 1.54) is 12.1 Å². The Bertz CT molecular complexity index is 618. The summed E-state index contributed by atoms with van der Waals surface area (Å²) in [5, 5.41) is 4.02. The summed E-state index contributed by atoms with van der Waals surface area (Å²) in [5.41, 5.74) is 0.649. The van der Waals surface area contributed by atoms with E-state index >= 15 is 0 Å². The van der Waals surface area contributed by atoms with Gasteiger partial charge in [-0.2, -0.15) is 0 Å². The number of rotatable bonds is 11. The summed E-state index contributed by atoms with van der Waals surface area (Å²) in [6.45, 7) is 10.00. The highest BCUT2D eigenvalue weighted by Gasteiger charge is 2.34. The van der Waals surface area contributed by atoms with E-state index in [4.69, 9.17) is 27.6 Å². The standard InChI is InChI=1S/C21H34Cl2F2N2OSi/c1-4-29(5-2,6-3)28-20(21-18(22)12-17(25)13-19(21)23)14-26-9-11-27-10-7-8-16(24)15-27/h12-13,16,20,26H,4-11,14-15H2,1-3H3. The lowest BCUT2D eigenvalue weighted by molar-refractivity contribution is 0.136. The van der Waals surface area contributed by atoms with Crippen molar-refractivity contribution in [1.29, 1.82) is 0 Å². The van der Waals surface area contributed by atoms with Crippen molar-refractivity contribution in [2.24, 2.45) is 0 Å². The van der Waals surface area contributed by atoms with Crippen molar-refractivity contribution in [2.45, 2.75) is 64.0 Å². The van der Waals surface area contributed by atoms with Crippen molar-refractivity contribution in [1.82, 2.24) is 10.2 Å². The summed E-state index contributed by atoms with van der Waals surface area (Å²) in [5.74, 6) is -0.452. The predicted molar refractivity (Wildman–Crippen MR) is 121 cm³/mol. The van der Waals surface area contributed by atoms with Crippen LogP contribution in [0, 0.1) is 5.82 Å². The van der Waals surface area contributed by atoms with E-state index in [-0.39, 0.29) is 6.10 Å². The molecule has 2 rings (SSSR count). The Morgan fingerprint density at radius 2 is 1.83 bits per heavy atom. The number of alkyl halides is 1. The molecule has 1 N–H and O–H groups in total. The highest BCUT2D eigenvalue weighted by atomic mass is 35.5. The maximum atomic E-state index is 13.7. The minimum absolute atomic E-state index is 0.296. The van der Waals surface area contributed by atoms with Gasteiger partial charge >= 0.3 is 0 Å². The smallest absolute Gasteiger partial charge is 0.192 e. The molecule has 0 amide bonds. The molecule has 1 aliphatic heterocycles. The number of hydrogen-bond donors (Lipinski definition) is 1. The van der Waals surface area contributed by atoms with Gasteiger partial charge in [0.15, 0.2) is 8.32 Å². The van der Waals surface area contributed by atoms with Crippen LogP contribution in [0.15, 0.2) is 12.1 Å². The zero-order chi connectivity index (χ0) is 21.4. The minimum Gasteiger partial charge on any atom is -0.409 e. The van der Waals surface area contributed by atoms with Gasteiger partial charge in [-0.05, 0) is 49.7 Å². The van der Waals surface area contributed by atoms with Crippen LogP contribution in [-0.2, 0) is 4.43 Å². The molecule has 0 bridgehead atoms. The molecule has 0 aromatic heterocycles. The molecule has 2 unspecified atom stereocenters. The summed E-state index contributed by atoms with van der Waals surface area (Å²) in [6.07, 6.45) is 0.518. The molecule has 166 valence electrons. The molecule has 1 aromatic carbocycles. The first-order valence-electron chi connectivity index (χ1n) is 10.7. The molecule has 1 saturated heterocycles. The van der Waals surface area contributed by atoms with Gasteiger partial charge in [0.05, 0.1) is 16.1 Å². The second-order valence-corrected chi connectivity index (χ2v) is 13.4. The van der Waals surface area contributed by atoms with Gasteiger partial charge in [0.2, 0.25) is 0 Å². The molecule has 3 nitrogen and oxygen atoms in total. The largest absolute Gasteiger partial charge is 0.409 e. The van der Waals surface area contributed by atoms with Crippen molar-refractivity contribution in [3.05, 3.63) is 33.6 Å². The van der Waals surface area contributed by atoms with Gasteiger partial charge in [-0.15, -0.1) is 0 Å². The molecular formula is C21H34Cl2F2N2OSi. The van der Waals surface area contributed by atoms with Gasteiger partial charge in [0, 0.05) is 31.7 Å². The lowest BCUT2D eigenvalue weighted by atomic mass is 10.1. The highest BCUT2D eigenvalue weighted by molar-refractivity contribution is 6.73. The number of hydrogen-bond acceptors (Lipinski definition) is 3. The van der Waals surface area contributed by atoms with Crippen LogP contribution in [0.5, 0.6) is 0 Å². The lowest BCUT2D eigenvalue weighted by Gasteiger charge is -2.34. The first kappa shape index (κ1) is 25.0. The third-order valence-corrected chi connectivity index (χ3v) is 11.3.